The van der Waals surface area contributed by atoms with Gasteiger partial charge in [-0.1, -0.05) is 47.5 Å². The fourth-order valence-electron chi connectivity index (χ4n) is 1.51. The summed E-state index contributed by atoms with van der Waals surface area (Å²) in [6.07, 6.45) is 5.36. The van der Waals surface area contributed by atoms with Crippen LogP contribution < -0.4 is 0 Å². The summed E-state index contributed by atoms with van der Waals surface area (Å²) in [4.78, 5) is 2.58. The van der Waals surface area contributed by atoms with E-state index in [0.717, 1.165) is 6.04 Å². The van der Waals surface area contributed by atoms with E-state index in [2.05, 4.69) is 32.6 Å². The molecule has 88 valence electrons. The van der Waals surface area contributed by atoms with E-state index in [-0.39, 0.29) is 0 Å². The summed E-state index contributed by atoms with van der Waals surface area (Å²) < 4.78 is 0. The lowest BCUT2D eigenvalue weighted by Crippen LogP contribution is -2.33. The van der Waals surface area contributed by atoms with E-state index in [1.807, 2.05) is 13.8 Å². The van der Waals surface area contributed by atoms with Crippen molar-refractivity contribution in [1.29, 1.82) is 0 Å². The lowest BCUT2D eigenvalue weighted by atomic mass is 10.2. The van der Waals surface area contributed by atoms with E-state index < -0.39 is 0 Å². The van der Waals surface area contributed by atoms with Gasteiger partial charge in [-0.15, -0.1) is 0 Å². The quantitative estimate of drug-likeness (QED) is 0.554. The Labute approximate surface area is 91.9 Å². The molecule has 1 nitrogen and oxygen atoms in total. The molecule has 0 heterocycles. The smallest absolute Gasteiger partial charge is 0.00641 e. The van der Waals surface area contributed by atoms with Gasteiger partial charge in [0.15, 0.2) is 0 Å². The van der Waals surface area contributed by atoms with E-state index in [1.54, 1.807) is 0 Å². The highest BCUT2D eigenvalue weighted by Gasteiger charge is 2.07. The van der Waals surface area contributed by atoms with Crippen molar-refractivity contribution in [1.82, 2.24) is 4.90 Å². The van der Waals surface area contributed by atoms with Crippen molar-refractivity contribution in [3.05, 3.63) is 0 Å². The van der Waals surface area contributed by atoms with Crippen molar-refractivity contribution in [3.8, 4) is 0 Å². The van der Waals surface area contributed by atoms with Crippen LogP contribution >= 0.6 is 0 Å². The average Bonchev–Trinajstić information content (AvgIpc) is 2.26. The van der Waals surface area contributed by atoms with Crippen LogP contribution in [0.5, 0.6) is 0 Å². The predicted molar refractivity (Wildman–Crippen MR) is 67.9 cm³/mol. The van der Waals surface area contributed by atoms with Crippen LogP contribution in [0.4, 0.5) is 0 Å². The lowest BCUT2D eigenvalue weighted by Gasteiger charge is -2.26. The van der Waals surface area contributed by atoms with Gasteiger partial charge in [-0.25, -0.2) is 0 Å². The number of hydrogen-bond donors (Lipinski definition) is 0. The minimum atomic E-state index is 0.770. The number of nitrogens with zero attached hydrogens (tertiary/aromatic N) is 1. The molecule has 1 unspecified atom stereocenters. The molecule has 0 saturated carbocycles. The van der Waals surface area contributed by atoms with E-state index in [9.17, 15) is 0 Å². The molecule has 14 heavy (non-hydrogen) atoms. The van der Waals surface area contributed by atoms with Gasteiger partial charge in [0.05, 0.1) is 0 Å². The average molecular weight is 201 g/mol. The molecule has 0 bridgehead atoms. The summed E-state index contributed by atoms with van der Waals surface area (Å²) in [5.41, 5.74) is 0. The van der Waals surface area contributed by atoms with Crippen molar-refractivity contribution < 1.29 is 0 Å². The maximum atomic E-state index is 2.58. The molecule has 0 aliphatic carbocycles. The molecule has 0 aromatic carbocycles. The molecular formula is C13H31N. The standard InChI is InChI=1S/C11H25N.C2H6/c1-5-8-9-10-12(7-3)11(4)6-2;1-2/h11H,5-10H2,1-4H3;1-2H3. The van der Waals surface area contributed by atoms with Crippen LogP contribution in [-0.2, 0) is 0 Å². The van der Waals surface area contributed by atoms with Gasteiger partial charge in [0.1, 0.15) is 0 Å². The Bertz CT molecular complexity index is 91.2. The van der Waals surface area contributed by atoms with Gasteiger partial charge in [0.2, 0.25) is 0 Å². The first-order valence-electron chi connectivity index (χ1n) is 6.50. The summed E-state index contributed by atoms with van der Waals surface area (Å²) in [5.74, 6) is 0. The van der Waals surface area contributed by atoms with E-state index >= 15 is 0 Å². The molecule has 0 radical (unpaired) electrons. The number of hydrogen-bond acceptors (Lipinski definition) is 1. The molecule has 0 N–H and O–H groups in total. The lowest BCUT2D eigenvalue weighted by molar-refractivity contribution is 0.210. The minimum Gasteiger partial charge on any atom is -0.301 e. The highest BCUT2D eigenvalue weighted by Crippen LogP contribution is 2.05. The third kappa shape index (κ3) is 8.55. The molecule has 0 amide bonds. The molecule has 0 saturated heterocycles. The zero-order chi connectivity index (χ0) is 11.4. The Hall–Kier alpha value is -0.0400. The van der Waals surface area contributed by atoms with Crippen LogP contribution in [0.15, 0.2) is 0 Å². The molecule has 1 heteroatoms. The van der Waals surface area contributed by atoms with Crippen molar-refractivity contribution in [2.45, 2.75) is 73.3 Å². The molecule has 0 aromatic rings. The van der Waals surface area contributed by atoms with Crippen LogP contribution in [0.1, 0.15) is 67.2 Å². The Morgan fingerprint density at radius 1 is 1.00 bits per heavy atom. The molecular weight excluding hydrogens is 170 g/mol. The van der Waals surface area contributed by atoms with E-state index in [4.69, 9.17) is 0 Å². The molecule has 0 aromatic heterocycles. The van der Waals surface area contributed by atoms with E-state index in [0.29, 0.717) is 0 Å². The summed E-state index contributed by atoms with van der Waals surface area (Å²) in [6.45, 7) is 15.6. The third-order valence-corrected chi connectivity index (χ3v) is 2.67. The summed E-state index contributed by atoms with van der Waals surface area (Å²) in [6, 6.07) is 0.770. The van der Waals surface area contributed by atoms with Gasteiger partial charge in [-0.2, -0.15) is 0 Å². The first-order valence-corrected chi connectivity index (χ1v) is 6.50. The van der Waals surface area contributed by atoms with Crippen LogP contribution in [0.3, 0.4) is 0 Å². The highest BCUT2D eigenvalue weighted by atomic mass is 15.1. The SMILES string of the molecule is CC.CCCCCN(CC)C(C)CC. The van der Waals surface area contributed by atoms with Crippen LogP contribution in [0.2, 0.25) is 0 Å². The van der Waals surface area contributed by atoms with Crippen LogP contribution in [-0.4, -0.2) is 24.0 Å². The molecule has 0 rings (SSSR count). The summed E-state index contributed by atoms with van der Waals surface area (Å²) in [7, 11) is 0. The van der Waals surface area contributed by atoms with Crippen molar-refractivity contribution in [2.75, 3.05) is 13.1 Å². The Kier molecular flexibility index (Phi) is 15.2. The van der Waals surface area contributed by atoms with E-state index in [1.165, 1.54) is 38.8 Å². The van der Waals surface area contributed by atoms with Gasteiger partial charge in [0, 0.05) is 6.04 Å². The largest absolute Gasteiger partial charge is 0.301 e. The van der Waals surface area contributed by atoms with Gasteiger partial charge in [-0.3, -0.25) is 0 Å². The predicted octanol–water partition coefficient (Wildman–Crippen LogP) is 4.32. The van der Waals surface area contributed by atoms with Crippen molar-refractivity contribution in [3.63, 3.8) is 0 Å². The normalized spacial score (nSPS) is 12.2. The van der Waals surface area contributed by atoms with Crippen molar-refractivity contribution >= 4 is 0 Å². The van der Waals surface area contributed by atoms with Crippen molar-refractivity contribution in [2.24, 2.45) is 0 Å². The Morgan fingerprint density at radius 2 is 1.57 bits per heavy atom. The molecule has 0 aliphatic heterocycles. The van der Waals surface area contributed by atoms with Gasteiger partial charge >= 0.3 is 0 Å². The Balaban J connectivity index is 0. The second-order valence-electron chi connectivity index (χ2n) is 3.59. The topological polar surface area (TPSA) is 3.24 Å². The summed E-state index contributed by atoms with van der Waals surface area (Å²) >= 11 is 0. The fourth-order valence-corrected chi connectivity index (χ4v) is 1.51. The fraction of sp³-hybridized carbons (Fsp3) is 1.00. The zero-order valence-corrected chi connectivity index (χ0v) is 11.3. The van der Waals surface area contributed by atoms with Crippen LogP contribution in [0.25, 0.3) is 0 Å². The molecule has 0 aliphatic rings. The molecule has 0 fully saturated rings. The highest BCUT2D eigenvalue weighted by molar-refractivity contribution is 4.63. The van der Waals surface area contributed by atoms with Gasteiger partial charge in [0.25, 0.3) is 0 Å². The Morgan fingerprint density at radius 3 is 1.93 bits per heavy atom. The maximum absolute atomic E-state index is 2.58. The minimum absolute atomic E-state index is 0.770. The molecule has 0 spiro atoms. The van der Waals surface area contributed by atoms with Gasteiger partial charge < -0.3 is 4.90 Å². The second-order valence-corrected chi connectivity index (χ2v) is 3.59. The second kappa shape index (κ2) is 13.0. The first-order chi connectivity index (χ1) is 6.76. The number of rotatable bonds is 7. The maximum Gasteiger partial charge on any atom is 0.00641 e. The number of unbranched alkanes of at least 4 members (excludes halogenated alkanes) is 2. The zero-order valence-electron chi connectivity index (χ0n) is 11.3. The summed E-state index contributed by atoms with van der Waals surface area (Å²) in [5, 5.41) is 0. The molecule has 1 atom stereocenters. The monoisotopic (exact) mass is 201 g/mol. The first kappa shape index (κ1) is 16.4. The third-order valence-electron chi connectivity index (χ3n) is 2.67. The van der Waals surface area contributed by atoms with Crippen LogP contribution in [0, 0.1) is 0 Å². The van der Waals surface area contributed by atoms with Gasteiger partial charge in [-0.05, 0) is 32.9 Å².